The highest BCUT2D eigenvalue weighted by Crippen LogP contribution is 1.85. The van der Waals surface area contributed by atoms with Crippen molar-refractivity contribution in [3.8, 4) is 0 Å². The molecule has 0 atom stereocenters. The maximum Gasteiger partial charge on any atom is 0.226 e. The van der Waals surface area contributed by atoms with E-state index < -0.39 is 0 Å². The highest BCUT2D eigenvalue weighted by molar-refractivity contribution is 5.94. The van der Waals surface area contributed by atoms with E-state index in [-0.39, 0.29) is 0 Å². The molecule has 0 rings (SSSR count). The van der Waals surface area contributed by atoms with E-state index in [9.17, 15) is 0 Å². The number of nitrogens with one attached hydrogen (secondary N) is 2. The average molecular weight is 212 g/mol. The third-order valence-corrected chi connectivity index (χ3v) is 1.86. The molecule has 0 aliphatic carbocycles. The quantitative estimate of drug-likeness (QED) is 0.436. The standard InChI is InChI=1S/C9H20N6/c1-6-15(5)8(10)14-9(12-4)13-7(2)11-3/h11H,2,6H2,1,3-5H3,(H3,10,12,13,14). The van der Waals surface area contributed by atoms with Crippen LogP contribution in [-0.2, 0) is 0 Å². The molecule has 0 saturated heterocycles. The molecule has 6 heteroatoms. The van der Waals surface area contributed by atoms with Gasteiger partial charge in [0.05, 0.1) is 5.82 Å². The summed E-state index contributed by atoms with van der Waals surface area (Å²) in [5.41, 5.74) is 5.73. The maximum atomic E-state index is 5.73. The molecule has 0 radical (unpaired) electrons. The van der Waals surface area contributed by atoms with Crippen molar-refractivity contribution in [2.24, 2.45) is 15.7 Å². The van der Waals surface area contributed by atoms with Gasteiger partial charge in [0.15, 0.2) is 5.96 Å². The van der Waals surface area contributed by atoms with E-state index in [2.05, 4.69) is 27.2 Å². The van der Waals surface area contributed by atoms with Crippen molar-refractivity contribution in [3.63, 3.8) is 0 Å². The van der Waals surface area contributed by atoms with Gasteiger partial charge in [-0.05, 0) is 6.92 Å². The van der Waals surface area contributed by atoms with E-state index in [4.69, 9.17) is 5.73 Å². The van der Waals surface area contributed by atoms with Crippen molar-refractivity contribution in [2.75, 3.05) is 27.7 Å². The zero-order valence-corrected chi connectivity index (χ0v) is 9.83. The van der Waals surface area contributed by atoms with Gasteiger partial charge >= 0.3 is 0 Å². The highest BCUT2D eigenvalue weighted by Gasteiger charge is 2.01. The summed E-state index contributed by atoms with van der Waals surface area (Å²) in [5, 5.41) is 5.71. The highest BCUT2D eigenvalue weighted by atomic mass is 15.3. The van der Waals surface area contributed by atoms with Gasteiger partial charge in [-0.2, -0.15) is 4.99 Å². The second-order valence-corrected chi connectivity index (χ2v) is 2.88. The lowest BCUT2D eigenvalue weighted by Crippen LogP contribution is -2.37. The molecule has 15 heavy (non-hydrogen) atoms. The number of hydrogen-bond acceptors (Lipinski definition) is 2. The van der Waals surface area contributed by atoms with Crippen LogP contribution in [0.2, 0.25) is 0 Å². The molecule has 0 fully saturated rings. The van der Waals surface area contributed by atoms with Crippen LogP contribution in [0.4, 0.5) is 0 Å². The van der Waals surface area contributed by atoms with Crippen LogP contribution in [0.15, 0.2) is 22.4 Å². The molecule has 0 heterocycles. The van der Waals surface area contributed by atoms with Crippen LogP contribution < -0.4 is 16.4 Å². The van der Waals surface area contributed by atoms with Gasteiger partial charge in [0, 0.05) is 27.7 Å². The van der Waals surface area contributed by atoms with Crippen LogP contribution in [0, 0.1) is 0 Å². The summed E-state index contributed by atoms with van der Waals surface area (Å²) >= 11 is 0. The Bertz CT molecular complexity index is 268. The van der Waals surface area contributed by atoms with Gasteiger partial charge < -0.3 is 21.3 Å². The summed E-state index contributed by atoms with van der Waals surface area (Å²) in [4.78, 5) is 9.87. The van der Waals surface area contributed by atoms with Crippen molar-refractivity contribution >= 4 is 11.9 Å². The molecule has 0 aliphatic heterocycles. The summed E-state index contributed by atoms with van der Waals surface area (Å²) in [7, 11) is 5.25. The van der Waals surface area contributed by atoms with Crippen molar-refractivity contribution in [3.05, 3.63) is 12.4 Å². The zero-order chi connectivity index (χ0) is 11.8. The van der Waals surface area contributed by atoms with Crippen molar-refractivity contribution in [1.29, 1.82) is 0 Å². The number of guanidine groups is 2. The largest absolute Gasteiger partial charge is 0.375 e. The molecule has 0 aromatic rings. The average Bonchev–Trinajstić information content (AvgIpc) is 2.26. The predicted molar refractivity (Wildman–Crippen MR) is 64.6 cm³/mol. The lowest BCUT2D eigenvalue weighted by Gasteiger charge is -2.15. The van der Waals surface area contributed by atoms with E-state index in [1.807, 2.05) is 18.9 Å². The molecule has 0 saturated carbocycles. The Hall–Kier alpha value is -1.72. The van der Waals surface area contributed by atoms with Gasteiger partial charge in [0.2, 0.25) is 5.96 Å². The first-order chi connectivity index (χ1) is 7.04. The van der Waals surface area contributed by atoms with Crippen LogP contribution >= 0.6 is 0 Å². The van der Waals surface area contributed by atoms with Gasteiger partial charge in [0.25, 0.3) is 0 Å². The van der Waals surface area contributed by atoms with Crippen LogP contribution in [0.1, 0.15) is 6.92 Å². The third-order valence-electron chi connectivity index (χ3n) is 1.86. The second kappa shape index (κ2) is 6.69. The first-order valence-corrected chi connectivity index (χ1v) is 4.70. The lowest BCUT2D eigenvalue weighted by atomic mass is 10.6. The van der Waals surface area contributed by atoms with E-state index in [0.717, 1.165) is 6.54 Å². The van der Waals surface area contributed by atoms with Crippen LogP contribution in [0.3, 0.4) is 0 Å². The molecule has 0 aliphatic rings. The fourth-order valence-electron chi connectivity index (χ4n) is 0.687. The smallest absolute Gasteiger partial charge is 0.226 e. The Balaban J connectivity index is 4.52. The second-order valence-electron chi connectivity index (χ2n) is 2.88. The molecule has 0 aromatic heterocycles. The lowest BCUT2D eigenvalue weighted by molar-refractivity contribution is 0.529. The van der Waals surface area contributed by atoms with Gasteiger partial charge in [-0.1, -0.05) is 6.58 Å². The summed E-state index contributed by atoms with van der Waals surface area (Å²) in [6, 6.07) is 0. The summed E-state index contributed by atoms with van der Waals surface area (Å²) in [6.45, 7) is 6.49. The summed E-state index contributed by atoms with van der Waals surface area (Å²) in [6.07, 6.45) is 0. The van der Waals surface area contributed by atoms with Crippen LogP contribution in [-0.4, -0.2) is 44.5 Å². The molecule has 4 N–H and O–H groups in total. The third kappa shape index (κ3) is 4.90. The Morgan fingerprint density at radius 2 is 2.13 bits per heavy atom. The van der Waals surface area contributed by atoms with Gasteiger partial charge in [-0.25, -0.2) is 0 Å². The number of nitrogens with two attached hydrogens (primary N) is 1. The molecule has 0 spiro atoms. The molecule has 0 aromatic carbocycles. The number of rotatable bonds is 3. The maximum absolute atomic E-state index is 5.73. The first-order valence-electron chi connectivity index (χ1n) is 4.70. The Morgan fingerprint density at radius 3 is 2.53 bits per heavy atom. The monoisotopic (exact) mass is 212 g/mol. The number of hydrogen-bond donors (Lipinski definition) is 3. The Morgan fingerprint density at radius 1 is 1.53 bits per heavy atom. The van der Waals surface area contributed by atoms with E-state index in [1.165, 1.54) is 0 Å². The molecular weight excluding hydrogens is 192 g/mol. The Kier molecular flexibility index (Phi) is 5.92. The zero-order valence-electron chi connectivity index (χ0n) is 9.83. The Labute approximate surface area is 91.0 Å². The van der Waals surface area contributed by atoms with Crippen LogP contribution in [0.5, 0.6) is 0 Å². The van der Waals surface area contributed by atoms with E-state index in [1.54, 1.807) is 14.1 Å². The minimum atomic E-state index is 0.412. The van der Waals surface area contributed by atoms with Crippen LogP contribution in [0.25, 0.3) is 0 Å². The summed E-state index contributed by atoms with van der Waals surface area (Å²) in [5.74, 6) is 1.45. The minimum Gasteiger partial charge on any atom is -0.375 e. The summed E-state index contributed by atoms with van der Waals surface area (Å²) < 4.78 is 0. The molecule has 0 unspecified atom stereocenters. The molecule has 86 valence electrons. The predicted octanol–water partition coefficient (Wildman–Crippen LogP) is -0.481. The normalized spacial score (nSPS) is 12.3. The number of aliphatic imine (C=N–C) groups is 2. The number of nitrogens with zero attached hydrogens (tertiary/aromatic N) is 3. The topological polar surface area (TPSA) is 78.0 Å². The molecular formula is C9H20N6. The SMILES string of the molecule is C=C(NC)NC(=NC)N=C(N)N(C)CC. The van der Waals surface area contributed by atoms with Crippen molar-refractivity contribution < 1.29 is 0 Å². The van der Waals surface area contributed by atoms with E-state index >= 15 is 0 Å². The van der Waals surface area contributed by atoms with Crippen molar-refractivity contribution in [2.45, 2.75) is 6.92 Å². The fraction of sp³-hybridized carbons (Fsp3) is 0.556. The molecule has 6 nitrogen and oxygen atoms in total. The first kappa shape index (κ1) is 13.3. The van der Waals surface area contributed by atoms with Gasteiger partial charge in [0.1, 0.15) is 0 Å². The molecule has 0 bridgehead atoms. The molecule has 0 amide bonds. The fourth-order valence-corrected chi connectivity index (χ4v) is 0.687. The van der Waals surface area contributed by atoms with Crippen molar-refractivity contribution in [1.82, 2.24) is 15.5 Å². The van der Waals surface area contributed by atoms with E-state index in [0.29, 0.717) is 17.7 Å². The van der Waals surface area contributed by atoms with Gasteiger partial charge in [-0.3, -0.25) is 4.99 Å². The van der Waals surface area contributed by atoms with Gasteiger partial charge in [-0.15, -0.1) is 0 Å². The minimum absolute atomic E-state index is 0.412.